The highest BCUT2D eigenvalue weighted by molar-refractivity contribution is 5.97. The van der Waals surface area contributed by atoms with Crippen LogP contribution in [-0.4, -0.2) is 23.6 Å². The molecule has 1 atom stereocenters. The SMILES string of the molecule is Cc1ccc(C(=O)NC(C)CCCN)c(O)c1. The second-order valence-electron chi connectivity index (χ2n) is 4.33. The van der Waals surface area contributed by atoms with Gasteiger partial charge in [-0.3, -0.25) is 4.79 Å². The van der Waals surface area contributed by atoms with E-state index in [0.29, 0.717) is 12.1 Å². The van der Waals surface area contributed by atoms with Gasteiger partial charge in [0.15, 0.2) is 0 Å². The molecule has 0 radical (unpaired) electrons. The highest BCUT2D eigenvalue weighted by atomic mass is 16.3. The minimum Gasteiger partial charge on any atom is -0.507 e. The predicted molar refractivity (Wildman–Crippen MR) is 68.1 cm³/mol. The third-order valence-electron chi connectivity index (χ3n) is 2.62. The number of carbonyl (C=O) groups excluding carboxylic acids is 1. The maximum atomic E-state index is 11.8. The van der Waals surface area contributed by atoms with Gasteiger partial charge in [0, 0.05) is 6.04 Å². The van der Waals surface area contributed by atoms with Gasteiger partial charge in [-0.2, -0.15) is 0 Å². The van der Waals surface area contributed by atoms with Gasteiger partial charge in [-0.1, -0.05) is 6.07 Å². The summed E-state index contributed by atoms with van der Waals surface area (Å²) in [5.41, 5.74) is 6.65. The van der Waals surface area contributed by atoms with Crippen molar-refractivity contribution in [3.8, 4) is 5.75 Å². The second-order valence-corrected chi connectivity index (χ2v) is 4.33. The van der Waals surface area contributed by atoms with Crippen LogP contribution in [0.15, 0.2) is 18.2 Å². The molecular weight excluding hydrogens is 216 g/mol. The number of nitrogens with two attached hydrogens (primary N) is 1. The highest BCUT2D eigenvalue weighted by Crippen LogP contribution is 2.18. The first-order valence-corrected chi connectivity index (χ1v) is 5.85. The normalized spacial score (nSPS) is 12.2. The van der Waals surface area contributed by atoms with E-state index in [1.165, 1.54) is 0 Å². The van der Waals surface area contributed by atoms with Crippen LogP contribution in [0.1, 0.15) is 35.7 Å². The van der Waals surface area contributed by atoms with Crippen molar-refractivity contribution in [2.24, 2.45) is 5.73 Å². The lowest BCUT2D eigenvalue weighted by Crippen LogP contribution is -2.32. The van der Waals surface area contributed by atoms with Crippen LogP contribution in [0, 0.1) is 6.92 Å². The maximum absolute atomic E-state index is 11.8. The van der Waals surface area contributed by atoms with E-state index >= 15 is 0 Å². The van der Waals surface area contributed by atoms with E-state index < -0.39 is 0 Å². The molecule has 4 N–H and O–H groups in total. The molecule has 0 aromatic heterocycles. The third-order valence-corrected chi connectivity index (χ3v) is 2.62. The molecule has 1 aromatic carbocycles. The molecule has 0 spiro atoms. The van der Waals surface area contributed by atoms with Crippen LogP contribution in [0.4, 0.5) is 0 Å². The molecule has 17 heavy (non-hydrogen) atoms. The van der Waals surface area contributed by atoms with Crippen molar-refractivity contribution in [1.82, 2.24) is 5.32 Å². The predicted octanol–water partition coefficient (Wildman–Crippen LogP) is 1.56. The second kappa shape index (κ2) is 6.25. The van der Waals surface area contributed by atoms with Crippen LogP contribution in [0.2, 0.25) is 0 Å². The van der Waals surface area contributed by atoms with Crippen molar-refractivity contribution < 1.29 is 9.90 Å². The molecule has 1 aromatic rings. The molecule has 0 heterocycles. The van der Waals surface area contributed by atoms with Gasteiger partial charge in [0.2, 0.25) is 0 Å². The van der Waals surface area contributed by atoms with Gasteiger partial charge >= 0.3 is 0 Å². The van der Waals surface area contributed by atoms with E-state index in [1.807, 2.05) is 13.8 Å². The number of hydrogen-bond acceptors (Lipinski definition) is 3. The Labute approximate surface area is 102 Å². The summed E-state index contributed by atoms with van der Waals surface area (Å²) in [6.45, 7) is 4.42. The lowest BCUT2D eigenvalue weighted by Gasteiger charge is -2.14. The number of amides is 1. The quantitative estimate of drug-likeness (QED) is 0.726. The van der Waals surface area contributed by atoms with Crippen molar-refractivity contribution in [2.75, 3.05) is 6.54 Å². The van der Waals surface area contributed by atoms with E-state index in [1.54, 1.807) is 18.2 Å². The fourth-order valence-corrected chi connectivity index (χ4v) is 1.63. The third kappa shape index (κ3) is 4.07. The van der Waals surface area contributed by atoms with Crippen LogP contribution in [0.3, 0.4) is 0 Å². The van der Waals surface area contributed by atoms with Crippen LogP contribution in [0.5, 0.6) is 5.75 Å². The summed E-state index contributed by atoms with van der Waals surface area (Å²) in [6, 6.07) is 5.08. The zero-order valence-electron chi connectivity index (χ0n) is 10.4. The number of phenolic OH excluding ortho intramolecular Hbond substituents is 1. The summed E-state index contributed by atoms with van der Waals surface area (Å²) in [5, 5.41) is 12.5. The van der Waals surface area contributed by atoms with Gasteiger partial charge < -0.3 is 16.2 Å². The summed E-state index contributed by atoms with van der Waals surface area (Å²) in [4.78, 5) is 11.8. The topological polar surface area (TPSA) is 75.4 Å². The molecule has 1 amide bonds. The van der Waals surface area contributed by atoms with Gasteiger partial charge in [0.1, 0.15) is 5.75 Å². The molecule has 0 aliphatic carbocycles. The maximum Gasteiger partial charge on any atom is 0.255 e. The van der Waals surface area contributed by atoms with Crippen LogP contribution >= 0.6 is 0 Å². The molecule has 1 unspecified atom stereocenters. The summed E-state index contributed by atoms with van der Waals surface area (Å²) in [5.74, 6) is -0.222. The Morgan fingerprint density at radius 3 is 2.82 bits per heavy atom. The number of aryl methyl sites for hydroxylation is 1. The monoisotopic (exact) mass is 236 g/mol. The zero-order valence-corrected chi connectivity index (χ0v) is 10.4. The Kier molecular flexibility index (Phi) is 4.97. The minimum absolute atomic E-state index is 0.0218. The average Bonchev–Trinajstić information content (AvgIpc) is 2.26. The van der Waals surface area contributed by atoms with Crippen molar-refractivity contribution in [1.29, 1.82) is 0 Å². The Bertz CT molecular complexity index is 391. The Hall–Kier alpha value is -1.55. The van der Waals surface area contributed by atoms with Crippen LogP contribution < -0.4 is 11.1 Å². The number of nitrogens with one attached hydrogen (secondary N) is 1. The first kappa shape index (κ1) is 13.5. The van der Waals surface area contributed by atoms with Crippen LogP contribution in [0.25, 0.3) is 0 Å². The van der Waals surface area contributed by atoms with Gasteiger partial charge in [-0.05, 0) is 50.9 Å². The lowest BCUT2D eigenvalue weighted by atomic mass is 10.1. The number of phenols is 1. The van der Waals surface area contributed by atoms with E-state index in [2.05, 4.69) is 5.32 Å². The fraction of sp³-hybridized carbons (Fsp3) is 0.462. The van der Waals surface area contributed by atoms with E-state index in [-0.39, 0.29) is 17.7 Å². The van der Waals surface area contributed by atoms with Crippen molar-refractivity contribution >= 4 is 5.91 Å². The molecule has 4 heteroatoms. The van der Waals surface area contributed by atoms with E-state index in [9.17, 15) is 9.90 Å². The molecule has 1 rings (SSSR count). The summed E-state index contributed by atoms with van der Waals surface area (Å²) in [7, 11) is 0. The first-order valence-electron chi connectivity index (χ1n) is 5.85. The number of hydrogen-bond donors (Lipinski definition) is 3. The molecule has 0 saturated carbocycles. The zero-order chi connectivity index (χ0) is 12.8. The largest absolute Gasteiger partial charge is 0.507 e. The smallest absolute Gasteiger partial charge is 0.255 e. The highest BCUT2D eigenvalue weighted by Gasteiger charge is 2.13. The van der Waals surface area contributed by atoms with E-state index in [0.717, 1.165) is 18.4 Å². The Morgan fingerprint density at radius 2 is 2.24 bits per heavy atom. The molecule has 0 fully saturated rings. The number of benzene rings is 1. The van der Waals surface area contributed by atoms with Crippen molar-refractivity contribution in [3.63, 3.8) is 0 Å². The molecule has 4 nitrogen and oxygen atoms in total. The lowest BCUT2D eigenvalue weighted by molar-refractivity contribution is 0.0935. The minimum atomic E-state index is -0.243. The molecule has 0 aliphatic rings. The summed E-state index contributed by atoms with van der Waals surface area (Å²) in [6.07, 6.45) is 1.72. The van der Waals surface area contributed by atoms with Crippen molar-refractivity contribution in [2.45, 2.75) is 32.7 Å². The Balaban J connectivity index is 2.63. The van der Waals surface area contributed by atoms with Gasteiger partial charge in [-0.15, -0.1) is 0 Å². The summed E-state index contributed by atoms with van der Waals surface area (Å²) < 4.78 is 0. The molecule has 0 bridgehead atoms. The Morgan fingerprint density at radius 1 is 1.53 bits per heavy atom. The molecule has 0 saturated heterocycles. The number of carbonyl (C=O) groups is 1. The molecule has 94 valence electrons. The molecular formula is C13H20N2O2. The van der Waals surface area contributed by atoms with E-state index in [4.69, 9.17) is 5.73 Å². The van der Waals surface area contributed by atoms with Crippen LogP contribution in [-0.2, 0) is 0 Å². The number of aromatic hydroxyl groups is 1. The standard InChI is InChI=1S/C13H20N2O2/c1-9-5-6-11(12(16)8-9)13(17)15-10(2)4-3-7-14/h5-6,8,10,16H,3-4,7,14H2,1-2H3,(H,15,17). The van der Waals surface area contributed by atoms with Crippen molar-refractivity contribution in [3.05, 3.63) is 29.3 Å². The molecule has 0 aliphatic heterocycles. The fourth-order valence-electron chi connectivity index (χ4n) is 1.63. The average molecular weight is 236 g/mol. The van der Waals surface area contributed by atoms with Gasteiger partial charge in [0.05, 0.1) is 5.56 Å². The first-order chi connectivity index (χ1) is 8.04. The van der Waals surface area contributed by atoms with Gasteiger partial charge in [0.25, 0.3) is 5.91 Å². The number of rotatable bonds is 5. The van der Waals surface area contributed by atoms with Gasteiger partial charge in [-0.25, -0.2) is 0 Å². The summed E-state index contributed by atoms with van der Waals surface area (Å²) >= 11 is 0.